The lowest BCUT2D eigenvalue weighted by Gasteiger charge is -2.30. The highest BCUT2D eigenvalue weighted by Gasteiger charge is 2.29. The minimum atomic E-state index is 0.834. The molecule has 0 aliphatic rings. The minimum absolute atomic E-state index is 0.834. The van der Waals surface area contributed by atoms with Crippen molar-refractivity contribution in [1.82, 2.24) is 0 Å². The van der Waals surface area contributed by atoms with Crippen LogP contribution in [0.3, 0.4) is 0 Å². The highest BCUT2D eigenvalue weighted by atomic mass is 32.1. The number of thiophene rings is 1. The summed E-state index contributed by atoms with van der Waals surface area (Å²) in [6.45, 7) is 0. The third-order valence-corrected chi connectivity index (χ3v) is 13.9. The van der Waals surface area contributed by atoms with E-state index in [1.54, 1.807) is 0 Å². The van der Waals surface area contributed by atoms with Crippen molar-refractivity contribution >= 4 is 92.4 Å². The quantitative estimate of drug-likeness (QED) is 0.160. The van der Waals surface area contributed by atoms with Gasteiger partial charge in [0.2, 0.25) is 0 Å². The van der Waals surface area contributed by atoms with Crippen molar-refractivity contribution in [3.05, 3.63) is 224 Å². The Morgan fingerprint density at radius 3 is 1.66 bits per heavy atom. The maximum Gasteiger partial charge on any atom is 0.145 e. The van der Waals surface area contributed by atoms with Gasteiger partial charge >= 0.3 is 0 Å². The molecule has 64 heavy (non-hydrogen) atoms. The fourth-order valence-electron chi connectivity index (χ4n) is 9.82. The van der Waals surface area contributed by atoms with Gasteiger partial charge in [-0.05, 0) is 81.9 Å². The van der Waals surface area contributed by atoms with Crippen molar-refractivity contribution < 1.29 is 8.83 Å². The molecule has 13 rings (SSSR count). The van der Waals surface area contributed by atoms with Crippen LogP contribution >= 0.6 is 11.3 Å². The second-order valence-electron chi connectivity index (χ2n) is 16.3. The molecule has 0 spiro atoms. The average molecular weight is 836 g/mol. The summed E-state index contributed by atoms with van der Waals surface area (Å²) in [4.78, 5) is 2.52. The molecular formula is C60H37NO2S. The second-order valence-corrected chi connectivity index (χ2v) is 17.4. The summed E-state index contributed by atoms with van der Waals surface area (Å²) in [6, 6.07) is 80.3. The Bertz CT molecular complexity index is 3890. The fraction of sp³-hybridized carbons (Fsp3) is 0. The van der Waals surface area contributed by atoms with Gasteiger partial charge in [0.05, 0.1) is 27.8 Å². The summed E-state index contributed by atoms with van der Waals surface area (Å²) in [6.07, 6.45) is 0. The summed E-state index contributed by atoms with van der Waals surface area (Å²) in [5.74, 6) is 0. The monoisotopic (exact) mass is 835 g/mol. The van der Waals surface area contributed by atoms with E-state index in [0.29, 0.717) is 0 Å². The predicted molar refractivity (Wildman–Crippen MR) is 270 cm³/mol. The van der Waals surface area contributed by atoms with Crippen LogP contribution in [-0.4, -0.2) is 0 Å². The average Bonchev–Trinajstić information content (AvgIpc) is 4.07. The van der Waals surface area contributed by atoms with E-state index in [-0.39, 0.29) is 0 Å². The van der Waals surface area contributed by atoms with E-state index in [2.05, 4.69) is 223 Å². The van der Waals surface area contributed by atoms with Gasteiger partial charge in [0.1, 0.15) is 22.3 Å². The Morgan fingerprint density at radius 1 is 0.328 bits per heavy atom. The lowest BCUT2D eigenvalue weighted by atomic mass is 9.94. The number of fused-ring (bicyclic) bond motifs is 9. The van der Waals surface area contributed by atoms with Crippen molar-refractivity contribution in [3.63, 3.8) is 0 Å². The lowest BCUT2D eigenvalue weighted by Crippen LogP contribution is -2.13. The smallest absolute Gasteiger partial charge is 0.145 e. The highest BCUT2D eigenvalue weighted by molar-refractivity contribution is 7.26. The molecule has 0 aliphatic carbocycles. The molecule has 0 aliphatic heterocycles. The van der Waals surface area contributed by atoms with Gasteiger partial charge in [0, 0.05) is 42.1 Å². The number of hydrogen-bond acceptors (Lipinski definition) is 4. The molecule has 300 valence electrons. The summed E-state index contributed by atoms with van der Waals surface area (Å²) in [7, 11) is 0. The molecule has 0 saturated carbocycles. The Kier molecular flexibility index (Phi) is 8.40. The Labute approximate surface area is 373 Å². The first kappa shape index (κ1) is 36.5. The molecule has 0 N–H and O–H groups in total. The van der Waals surface area contributed by atoms with Gasteiger partial charge in [-0.2, -0.15) is 0 Å². The van der Waals surface area contributed by atoms with Crippen LogP contribution in [0.15, 0.2) is 233 Å². The molecule has 13 aromatic rings. The van der Waals surface area contributed by atoms with Crippen molar-refractivity contribution in [2.75, 3.05) is 4.90 Å². The molecule has 0 bridgehead atoms. The van der Waals surface area contributed by atoms with Gasteiger partial charge in [-0.25, -0.2) is 0 Å². The van der Waals surface area contributed by atoms with Gasteiger partial charge in [-0.1, -0.05) is 176 Å². The van der Waals surface area contributed by atoms with Gasteiger partial charge in [0.25, 0.3) is 0 Å². The summed E-state index contributed by atoms with van der Waals surface area (Å²) in [5.41, 5.74) is 15.6. The zero-order chi connectivity index (χ0) is 42.1. The van der Waals surface area contributed by atoms with E-state index < -0.39 is 0 Å². The van der Waals surface area contributed by atoms with Crippen LogP contribution in [0.2, 0.25) is 0 Å². The van der Waals surface area contributed by atoms with E-state index in [0.717, 1.165) is 94.3 Å². The van der Waals surface area contributed by atoms with E-state index in [9.17, 15) is 0 Å². The van der Waals surface area contributed by atoms with Crippen LogP contribution in [0, 0.1) is 0 Å². The minimum Gasteiger partial charge on any atom is -0.456 e. The van der Waals surface area contributed by atoms with Crippen molar-refractivity contribution in [3.8, 4) is 44.5 Å². The number of para-hydroxylation sites is 1. The Morgan fingerprint density at radius 2 is 0.906 bits per heavy atom. The van der Waals surface area contributed by atoms with Crippen LogP contribution in [-0.2, 0) is 0 Å². The van der Waals surface area contributed by atoms with Gasteiger partial charge < -0.3 is 13.7 Å². The first-order chi connectivity index (χ1) is 31.8. The first-order valence-electron chi connectivity index (χ1n) is 21.7. The predicted octanol–water partition coefficient (Wildman–Crippen LogP) is 18.0. The number of nitrogens with zero attached hydrogens (tertiary/aromatic N) is 1. The normalized spacial score (nSPS) is 11.8. The second kappa shape index (κ2) is 14.7. The third-order valence-electron chi connectivity index (χ3n) is 12.7. The molecule has 4 heteroatoms. The number of hydrogen-bond donors (Lipinski definition) is 0. The molecule has 0 fully saturated rings. The van der Waals surface area contributed by atoms with Crippen LogP contribution in [0.1, 0.15) is 0 Å². The molecule has 3 nitrogen and oxygen atoms in total. The van der Waals surface area contributed by atoms with Crippen LogP contribution in [0.4, 0.5) is 17.1 Å². The molecule has 0 atom stereocenters. The van der Waals surface area contributed by atoms with E-state index in [1.165, 1.54) is 31.3 Å². The van der Waals surface area contributed by atoms with E-state index >= 15 is 0 Å². The van der Waals surface area contributed by atoms with Gasteiger partial charge in [-0.3, -0.25) is 0 Å². The number of rotatable bonds is 7. The van der Waals surface area contributed by atoms with Crippen molar-refractivity contribution in [1.29, 1.82) is 0 Å². The van der Waals surface area contributed by atoms with E-state index in [4.69, 9.17) is 8.83 Å². The molecule has 0 amide bonds. The first-order valence-corrected chi connectivity index (χ1v) is 22.5. The maximum absolute atomic E-state index is 7.18. The van der Waals surface area contributed by atoms with Crippen LogP contribution < -0.4 is 4.90 Å². The van der Waals surface area contributed by atoms with Crippen LogP contribution in [0.25, 0.3) is 109 Å². The van der Waals surface area contributed by atoms with Crippen molar-refractivity contribution in [2.24, 2.45) is 0 Å². The Hall–Kier alpha value is -8.18. The van der Waals surface area contributed by atoms with Crippen LogP contribution in [0.5, 0.6) is 0 Å². The standard InChI is InChI=1S/C60H37NO2S/c1-5-17-38(18-6-1)42-31-32-47-53(37-42)63-59-44(40-21-9-3-10-22-40)33-35-50(56(47)59)61(49-28-16-30-52-55(49)46-25-13-14-29-51(46)62-52)58-43(39-19-7-2-8-20-39)34-36-54-57(58)48-27-15-26-45(60(48)64-54)41-23-11-4-12-24-41/h1-37H. The van der Waals surface area contributed by atoms with Gasteiger partial charge in [0.15, 0.2) is 0 Å². The zero-order valence-electron chi connectivity index (χ0n) is 34.5. The molecule has 3 heterocycles. The van der Waals surface area contributed by atoms with Crippen molar-refractivity contribution in [2.45, 2.75) is 0 Å². The topological polar surface area (TPSA) is 29.5 Å². The van der Waals surface area contributed by atoms with E-state index in [1.807, 2.05) is 17.4 Å². The number of furan rings is 2. The summed E-state index contributed by atoms with van der Waals surface area (Å²) < 4.78 is 16.3. The molecule has 0 unspecified atom stereocenters. The largest absolute Gasteiger partial charge is 0.456 e. The fourth-order valence-corrected chi connectivity index (χ4v) is 11.1. The lowest BCUT2D eigenvalue weighted by molar-refractivity contribution is 0.669. The number of benzene rings is 10. The number of anilines is 3. The highest BCUT2D eigenvalue weighted by Crippen LogP contribution is 2.55. The summed E-state index contributed by atoms with van der Waals surface area (Å²) in [5, 5.41) is 6.62. The molecular weight excluding hydrogens is 799 g/mol. The maximum atomic E-state index is 7.18. The molecule has 0 saturated heterocycles. The zero-order valence-corrected chi connectivity index (χ0v) is 35.4. The molecule has 10 aromatic carbocycles. The molecule has 3 aromatic heterocycles. The molecule has 0 radical (unpaired) electrons. The summed E-state index contributed by atoms with van der Waals surface area (Å²) >= 11 is 1.86. The SMILES string of the molecule is c1ccc(-c2ccc3c(c2)oc2c(-c4ccccc4)ccc(N(c4cccc5oc6ccccc6c45)c4c(-c5ccccc5)ccc5sc6c(-c7ccccc7)cccc6c45)c23)cc1. The van der Waals surface area contributed by atoms with Gasteiger partial charge in [-0.15, -0.1) is 11.3 Å². The Balaban J connectivity index is 1.21. The third kappa shape index (κ3) is 5.73.